The molecule has 0 spiro atoms. The number of carbonyl (C=O) groups excluding carboxylic acids is 1. The van der Waals surface area contributed by atoms with Crippen LogP contribution >= 0.6 is 12.2 Å². The van der Waals surface area contributed by atoms with E-state index in [1.54, 1.807) is 30.5 Å². The number of carboxylic acid groups (broad SMARTS) is 1. The molecule has 0 aliphatic carbocycles. The van der Waals surface area contributed by atoms with E-state index in [2.05, 4.69) is 20.5 Å². The monoisotopic (exact) mass is 541 g/mol. The Morgan fingerprint density at radius 2 is 1.85 bits per heavy atom. The zero-order chi connectivity index (χ0) is 27.5. The molecule has 1 fully saturated rings. The average Bonchev–Trinajstić information content (AvgIpc) is 3.55. The second kappa shape index (κ2) is 11.1. The number of methoxy groups -OCH3 is 1. The molecule has 9 nitrogen and oxygen atoms in total. The van der Waals surface area contributed by atoms with Gasteiger partial charge in [0, 0.05) is 42.3 Å². The first-order valence-corrected chi connectivity index (χ1v) is 12.7. The van der Waals surface area contributed by atoms with Crippen LogP contribution in [0.4, 0.5) is 11.4 Å². The molecule has 2 atom stereocenters. The summed E-state index contributed by atoms with van der Waals surface area (Å²) < 4.78 is 6.96. The lowest BCUT2D eigenvalue weighted by Gasteiger charge is -2.29. The van der Waals surface area contributed by atoms with Crippen molar-refractivity contribution in [1.29, 1.82) is 0 Å². The van der Waals surface area contributed by atoms with Crippen LogP contribution in [-0.4, -0.2) is 45.4 Å². The molecule has 2 aromatic carbocycles. The topological polar surface area (TPSA) is 109 Å². The van der Waals surface area contributed by atoms with E-state index in [1.165, 1.54) is 7.11 Å². The smallest absolute Gasteiger partial charge is 0.335 e. The summed E-state index contributed by atoms with van der Waals surface area (Å²) in [6.07, 6.45) is 3.70. The van der Waals surface area contributed by atoms with Gasteiger partial charge in [-0.1, -0.05) is 6.07 Å². The molecular formula is C29H27N5O4S. The number of amides is 1. The average molecular weight is 542 g/mol. The second-order valence-electron chi connectivity index (χ2n) is 9.13. The van der Waals surface area contributed by atoms with Gasteiger partial charge in [-0.05, 0) is 91.4 Å². The van der Waals surface area contributed by atoms with Crippen molar-refractivity contribution in [3.8, 4) is 5.69 Å². The lowest BCUT2D eigenvalue weighted by Crippen LogP contribution is -2.30. The molecule has 2 aromatic heterocycles. The van der Waals surface area contributed by atoms with Crippen LogP contribution in [0.1, 0.15) is 39.4 Å². The molecule has 3 heterocycles. The number of thiocarbonyl (C=S) groups is 1. The number of anilines is 2. The summed E-state index contributed by atoms with van der Waals surface area (Å²) in [7, 11) is 1.48. The SMILES string of the molecule is COCC(=O)Nc1ccc(N2C(=S)N[C@@H](c3ccccn3)[C@@H]2c2cccn2-c2ccc(C(=O)O)cc2)cc1C. The zero-order valence-electron chi connectivity index (χ0n) is 21.4. The van der Waals surface area contributed by atoms with E-state index in [4.69, 9.17) is 17.0 Å². The maximum atomic E-state index is 12.1. The fourth-order valence-corrected chi connectivity index (χ4v) is 5.17. The Bertz CT molecular complexity index is 1520. The van der Waals surface area contributed by atoms with E-state index in [1.807, 2.05) is 66.2 Å². The van der Waals surface area contributed by atoms with Crippen molar-refractivity contribution in [3.63, 3.8) is 0 Å². The Balaban J connectivity index is 1.58. The number of aryl methyl sites for hydroxylation is 1. The van der Waals surface area contributed by atoms with Crippen molar-refractivity contribution in [1.82, 2.24) is 14.9 Å². The second-order valence-corrected chi connectivity index (χ2v) is 9.52. The van der Waals surface area contributed by atoms with Gasteiger partial charge in [0.05, 0.1) is 17.3 Å². The first-order valence-electron chi connectivity index (χ1n) is 12.3. The first-order chi connectivity index (χ1) is 18.9. The summed E-state index contributed by atoms with van der Waals surface area (Å²) >= 11 is 5.86. The molecular weight excluding hydrogens is 514 g/mol. The number of carboxylic acids is 1. The Kier molecular flexibility index (Phi) is 7.40. The fraction of sp³-hybridized carbons (Fsp3) is 0.172. The van der Waals surface area contributed by atoms with Crippen LogP contribution in [-0.2, 0) is 9.53 Å². The quantitative estimate of drug-likeness (QED) is 0.277. The molecule has 39 heavy (non-hydrogen) atoms. The van der Waals surface area contributed by atoms with Crippen LogP contribution in [0.2, 0.25) is 0 Å². The Morgan fingerprint density at radius 1 is 1.08 bits per heavy atom. The number of benzene rings is 2. The third kappa shape index (κ3) is 5.25. The third-order valence-corrected chi connectivity index (χ3v) is 6.93. The molecule has 3 N–H and O–H groups in total. The van der Waals surface area contributed by atoms with Crippen molar-refractivity contribution in [2.45, 2.75) is 19.0 Å². The molecule has 10 heteroatoms. The van der Waals surface area contributed by atoms with Crippen LogP contribution in [0.3, 0.4) is 0 Å². The summed E-state index contributed by atoms with van der Waals surface area (Å²) in [5, 5.41) is 16.2. The molecule has 0 bridgehead atoms. The minimum Gasteiger partial charge on any atom is -0.478 e. The Labute approximate surface area is 231 Å². The predicted octanol–water partition coefficient (Wildman–Crippen LogP) is 4.64. The molecule has 0 unspecified atom stereocenters. The van der Waals surface area contributed by atoms with E-state index in [0.717, 1.165) is 28.3 Å². The van der Waals surface area contributed by atoms with Gasteiger partial charge >= 0.3 is 5.97 Å². The summed E-state index contributed by atoms with van der Waals surface area (Å²) in [6, 6.07) is 21.7. The predicted molar refractivity (Wildman–Crippen MR) is 152 cm³/mol. The van der Waals surface area contributed by atoms with Crippen molar-refractivity contribution in [3.05, 3.63) is 108 Å². The highest BCUT2D eigenvalue weighted by Gasteiger charge is 2.42. The van der Waals surface area contributed by atoms with Crippen molar-refractivity contribution >= 4 is 40.6 Å². The number of ether oxygens (including phenoxy) is 1. The van der Waals surface area contributed by atoms with Crippen LogP contribution in [0.15, 0.2) is 85.2 Å². The van der Waals surface area contributed by atoms with Gasteiger partial charge in [-0.3, -0.25) is 9.78 Å². The molecule has 1 aliphatic rings. The van der Waals surface area contributed by atoms with Crippen LogP contribution in [0.25, 0.3) is 5.69 Å². The Hall–Kier alpha value is -4.54. The number of nitrogens with one attached hydrogen (secondary N) is 2. The van der Waals surface area contributed by atoms with Crippen molar-refractivity contribution in [2.24, 2.45) is 0 Å². The molecule has 5 rings (SSSR count). The van der Waals surface area contributed by atoms with Gasteiger partial charge in [0.2, 0.25) is 5.91 Å². The lowest BCUT2D eigenvalue weighted by atomic mass is 10.00. The first kappa shape index (κ1) is 26.1. The minimum absolute atomic E-state index is 0.0282. The van der Waals surface area contributed by atoms with Gasteiger partial charge in [-0.25, -0.2) is 4.79 Å². The number of pyridine rings is 1. The van der Waals surface area contributed by atoms with Crippen molar-refractivity contribution < 1.29 is 19.4 Å². The van der Waals surface area contributed by atoms with E-state index in [0.29, 0.717) is 10.8 Å². The highest BCUT2D eigenvalue weighted by Crippen LogP contribution is 2.42. The van der Waals surface area contributed by atoms with E-state index in [-0.39, 0.29) is 30.2 Å². The molecule has 0 radical (unpaired) electrons. The molecule has 1 amide bonds. The van der Waals surface area contributed by atoms with Crippen LogP contribution < -0.4 is 15.5 Å². The molecule has 198 valence electrons. The van der Waals surface area contributed by atoms with E-state index < -0.39 is 5.97 Å². The molecule has 1 aliphatic heterocycles. The van der Waals surface area contributed by atoms with Gasteiger partial charge in [0.1, 0.15) is 12.6 Å². The summed E-state index contributed by atoms with van der Waals surface area (Å²) in [6.45, 7) is 1.90. The van der Waals surface area contributed by atoms with Crippen molar-refractivity contribution in [2.75, 3.05) is 23.9 Å². The number of aromatic nitrogens is 2. The van der Waals surface area contributed by atoms with Gasteiger partial charge < -0.3 is 29.9 Å². The maximum Gasteiger partial charge on any atom is 0.335 e. The van der Waals surface area contributed by atoms with Gasteiger partial charge in [-0.2, -0.15) is 0 Å². The minimum atomic E-state index is -0.974. The van der Waals surface area contributed by atoms with E-state index >= 15 is 0 Å². The maximum absolute atomic E-state index is 12.1. The highest BCUT2D eigenvalue weighted by atomic mass is 32.1. The molecule has 1 saturated heterocycles. The van der Waals surface area contributed by atoms with Crippen LogP contribution in [0.5, 0.6) is 0 Å². The number of nitrogens with zero attached hydrogens (tertiary/aromatic N) is 3. The molecule has 0 saturated carbocycles. The summed E-state index contributed by atoms with van der Waals surface area (Å²) in [5.41, 5.74) is 5.24. The standard InChI is InChI=1S/C29H27N5O4S/c1-18-16-21(12-13-22(18)31-25(35)17-38-2)34-27(26(32-29(34)39)23-6-3-4-14-30-23)24-7-5-15-33(24)20-10-8-19(9-11-20)28(36)37/h3-16,26-27H,17H2,1-2H3,(H,31,35)(H,32,39)(H,36,37)/t26-,27-/m0/s1. The number of rotatable bonds is 8. The normalized spacial score (nSPS) is 16.7. The lowest BCUT2D eigenvalue weighted by molar-refractivity contribution is -0.119. The largest absolute Gasteiger partial charge is 0.478 e. The number of aromatic carboxylic acids is 1. The van der Waals surface area contributed by atoms with Gasteiger partial charge in [-0.15, -0.1) is 0 Å². The number of hydrogen-bond donors (Lipinski definition) is 3. The number of carbonyl (C=O) groups is 2. The summed E-state index contributed by atoms with van der Waals surface area (Å²) in [5.74, 6) is -1.20. The number of hydrogen-bond acceptors (Lipinski definition) is 5. The van der Waals surface area contributed by atoms with Crippen LogP contribution in [0, 0.1) is 6.92 Å². The molecule has 4 aromatic rings. The van der Waals surface area contributed by atoms with Gasteiger partial charge in [0.25, 0.3) is 0 Å². The summed E-state index contributed by atoms with van der Waals surface area (Å²) in [4.78, 5) is 30.1. The highest BCUT2D eigenvalue weighted by molar-refractivity contribution is 7.80. The zero-order valence-corrected chi connectivity index (χ0v) is 22.2. The van der Waals surface area contributed by atoms with E-state index in [9.17, 15) is 14.7 Å². The fourth-order valence-electron chi connectivity index (χ4n) is 4.82. The Morgan fingerprint density at radius 3 is 2.51 bits per heavy atom. The third-order valence-electron chi connectivity index (χ3n) is 6.61. The van der Waals surface area contributed by atoms with Gasteiger partial charge in [0.15, 0.2) is 5.11 Å².